The minimum Gasteiger partial charge on any atom is -0.469 e. The molecule has 3 rings (SSSR count). The van der Waals surface area contributed by atoms with Gasteiger partial charge in [0.2, 0.25) is 0 Å². The zero-order chi connectivity index (χ0) is 14.3. The molecular weight excluding hydrogens is 260 g/mol. The largest absolute Gasteiger partial charge is 0.469 e. The van der Waals surface area contributed by atoms with Crippen LogP contribution in [0.3, 0.4) is 0 Å². The number of fused-ring (bicyclic) bond motifs is 1. The number of ketones is 1. The number of H-pyrrole nitrogens is 1. The van der Waals surface area contributed by atoms with E-state index in [9.17, 15) is 14.4 Å². The summed E-state index contributed by atoms with van der Waals surface area (Å²) in [5, 5.41) is 0. The van der Waals surface area contributed by atoms with Crippen LogP contribution >= 0.6 is 0 Å². The number of hydrogen-bond donors (Lipinski definition) is 2. The molecule has 0 bridgehead atoms. The van der Waals surface area contributed by atoms with Gasteiger partial charge in [-0.25, -0.2) is 0 Å². The molecule has 20 heavy (non-hydrogen) atoms. The second kappa shape index (κ2) is 4.48. The first-order valence-electron chi connectivity index (χ1n) is 6.19. The third kappa shape index (κ3) is 1.95. The van der Waals surface area contributed by atoms with Gasteiger partial charge in [-0.2, -0.15) is 0 Å². The van der Waals surface area contributed by atoms with E-state index in [2.05, 4.69) is 4.98 Å². The molecule has 0 aromatic carbocycles. The predicted octanol–water partition coefficient (Wildman–Crippen LogP) is 0.979. The standard InChI is InChI=1S/C14H12N2O4/c15-13(18)9-6-8-10(16-14(9)19)4-7(5-11(8)17)12-2-1-3-20-12/h1-3,6-7H,4-5H2,(H2,15,18)(H,16,19)/t7-/m0/s1. The molecular formula is C14H12N2O4. The lowest BCUT2D eigenvalue weighted by atomic mass is 9.84. The number of pyridine rings is 1. The third-order valence-corrected chi connectivity index (χ3v) is 3.52. The van der Waals surface area contributed by atoms with Gasteiger partial charge < -0.3 is 15.1 Å². The predicted molar refractivity (Wildman–Crippen MR) is 69.7 cm³/mol. The summed E-state index contributed by atoms with van der Waals surface area (Å²) in [5.41, 5.74) is 5.25. The summed E-state index contributed by atoms with van der Waals surface area (Å²) in [5.74, 6) is -0.356. The van der Waals surface area contributed by atoms with Crippen molar-refractivity contribution < 1.29 is 14.0 Å². The van der Waals surface area contributed by atoms with Gasteiger partial charge in [-0.05, 0) is 24.6 Å². The second-order valence-corrected chi connectivity index (χ2v) is 4.81. The summed E-state index contributed by atoms with van der Waals surface area (Å²) in [4.78, 5) is 37.6. The molecule has 0 spiro atoms. The highest BCUT2D eigenvalue weighted by Gasteiger charge is 2.29. The van der Waals surface area contributed by atoms with Crippen LogP contribution in [0, 0.1) is 0 Å². The van der Waals surface area contributed by atoms with Gasteiger partial charge >= 0.3 is 0 Å². The molecule has 0 fully saturated rings. The van der Waals surface area contributed by atoms with Crippen LogP contribution in [0.15, 0.2) is 33.7 Å². The fourth-order valence-electron chi connectivity index (χ4n) is 2.54. The number of hydrogen-bond acceptors (Lipinski definition) is 4. The first-order valence-corrected chi connectivity index (χ1v) is 6.19. The topological polar surface area (TPSA) is 106 Å². The van der Waals surface area contributed by atoms with E-state index in [-0.39, 0.29) is 23.7 Å². The number of aromatic amines is 1. The molecule has 1 amide bonds. The third-order valence-electron chi connectivity index (χ3n) is 3.52. The summed E-state index contributed by atoms with van der Waals surface area (Å²) in [6.07, 6.45) is 2.32. The monoisotopic (exact) mass is 272 g/mol. The molecule has 1 aliphatic carbocycles. The second-order valence-electron chi connectivity index (χ2n) is 4.81. The van der Waals surface area contributed by atoms with Crippen LogP contribution < -0.4 is 11.3 Å². The molecule has 0 radical (unpaired) electrons. The maximum Gasteiger partial charge on any atom is 0.261 e. The molecule has 0 saturated carbocycles. The molecule has 102 valence electrons. The van der Waals surface area contributed by atoms with Crippen LogP contribution in [0.2, 0.25) is 0 Å². The number of amides is 1. The molecule has 1 atom stereocenters. The van der Waals surface area contributed by atoms with Crippen LogP contribution in [0.25, 0.3) is 0 Å². The number of nitrogens with two attached hydrogens (primary N) is 1. The number of aromatic nitrogens is 1. The van der Waals surface area contributed by atoms with E-state index in [4.69, 9.17) is 10.2 Å². The molecule has 2 heterocycles. The van der Waals surface area contributed by atoms with Crippen LogP contribution in [0.4, 0.5) is 0 Å². The van der Waals surface area contributed by atoms with Crippen molar-refractivity contribution in [2.75, 3.05) is 0 Å². The molecule has 1 aliphatic rings. The summed E-state index contributed by atoms with van der Waals surface area (Å²) in [6.45, 7) is 0. The molecule has 0 saturated heterocycles. The molecule has 0 aliphatic heterocycles. The summed E-state index contributed by atoms with van der Waals surface area (Å²) < 4.78 is 5.31. The Bertz CT molecular complexity index is 743. The maximum absolute atomic E-state index is 12.2. The van der Waals surface area contributed by atoms with Crippen molar-refractivity contribution in [2.45, 2.75) is 18.8 Å². The van der Waals surface area contributed by atoms with Gasteiger partial charge in [-0.1, -0.05) is 0 Å². The Morgan fingerprint density at radius 2 is 2.15 bits per heavy atom. The summed E-state index contributed by atoms with van der Waals surface area (Å²) >= 11 is 0. The lowest BCUT2D eigenvalue weighted by Crippen LogP contribution is -2.29. The fourth-order valence-corrected chi connectivity index (χ4v) is 2.54. The van der Waals surface area contributed by atoms with Crippen molar-refractivity contribution in [2.24, 2.45) is 5.73 Å². The van der Waals surface area contributed by atoms with Crippen molar-refractivity contribution in [1.29, 1.82) is 0 Å². The minimum atomic E-state index is -0.838. The highest BCUT2D eigenvalue weighted by molar-refractivity contribution is 6.01. The quantitative estimate of drug-likeness (QED) is 0.849. The van der Waals surface area contributed by atoms with Gasteiger partial charge in [0.1, 0.15) is 11.3 Å². The van der Waals surface area contributed by atoms with Gasteiger partial charge in [0.15, 0.2) is 5.78 Å². The van der Waals surface area contributed by atoms with Gasteiger partial charge in [-0.3, -0.25) is 14.4 Å². The van der Waals surface area contributed by atoms with Gasteiger partial charge in [0.25, 0.3) is 11.5 Å². The van der Waals surface area contributed by atoms with Crippen molar-refractivity contribution in [3.8, 4) is 0 Å². The lowest BCUT2D eigenvalue weighted by molar-refractivity contribution is 0.0959. The Balaban J connectivity index is 2.05. The molecule has 6 heteroatoms. The average Bonchev–Trinajstić information content (AvgIpc) is 2.91. The maximum atomic E-state index is 12.2. The summed E-state index contributed by atoms with van der Waals surface area (Å²) in [6, 6.07) is 4.85. The number of nitrogens with one attached hydrogen (secondary N) is 1. The highest BCUT2D eigenvalue weighted by Crippen LogP contribution is 2.31. The van der Waals surface area contributed by atoms with Gasteiger partial charge in [-0.15, -0.1) is 0 Å². The Morgan fingerprint density at radius 3 is 2.80 bits per heavy atom. The molecule has 6 nitrogen and oxygen atoms in total. The first-order chi connectivity index (χ1) is 9.56. The smallest absolute Gasteiger partial charge is 0.261 e. The Morgan fingerprint density at radius 1 is 1.35 bits per heavy atom. The molecule has 3 N–H and O–H groups in total. The van der Waals surface area contributed by atoms with Crippen molar-refractivity contribution in [3.05, 3.63) is 57.4 Å². The minimum absolute atomic E-state index is 0.0971. The Labute approximate surface area is 113 Å². The van der Waals surface area contributed by atoms with E-state index in [1.54, 1.807) is 18.4 Å². The number of carbonyl (C=O) groups excluding carboxylic acids is 2. The first kappa shape index (κ1) is 12.4. The highest BCUT2D eigenvalue weighted by atomic mass is 16.3. The molecule has 0 unspecified atom stereocenters. The number of Topliss-reactive ketones (excluding diaryl/α,β-unsaturated/α-hetero) is 1. The Kier molecular flexibility index (Phi) is 2.78. The van der Waals surface area contributed by atoms with E-state index in [0.717, 1.165) is 0 Å². The van der Waals surface area contributed by atoms with E-state index in [0.29, 0.717) is 23.4 Å². The van der Waals surface area contributed by atoms with Crippen LogP contribution in [-0.2, 0) is 6.42 Å². The SMILES string of the molecule is NC(=O)c1cc2c([nH]c1=O)C[C@H](c1ccco1)CC2=O. The average molecular weight is 272 g/mol. The van der Waals surface area contributed by atoms with Gasteiger partial charge in [0, 0.05) is 23.6 Å². The zero-order valence-corrected chi connectivity index (χ0v) is 10.5. The normalized spacial score (nSPS) is 17.8. The molecule has 2 aromatic heterocycles. The van der Waals surface area contributed by atoms with E-state index in [1.165, 1.54) is 6.07 Å². The summed E-state index contributed by atoms with van der Waals surface area (Å²) in [7, 11) is 0. The van der Waals surface area contributed by atoms with E-state index >= 15 is 0 Å². The number of rotatable bonds is 2. The van der Waals surface area contributed by atoms with Crippen molar-refractivity contribution in [3.63, 3.8) is 0 Å². The van der Waals surface area contributed by atoms with E-state index < -0.39 is 11.5 Å². The zero-order valence-electron chi connectivity index (χ0n) is 10.5. The number of carbonyl (C=O) groups is 2. The number of primary amides is 1. The van der Waals surface area contributed by atoms with Gasteiger partial charge in [0.05, 0.1) is 6.26 Å². The lowest BCUT2D eigenvalue weighted by Gasteiger charge is -2.21. The van der Waals surface area contributed by atoms with Crippen LogP contribution in [0.1, 0.15) is 44.5 Å². The van der Waals surface area contributed by atoms with Crippen LogP contribution in [-0.4, -0.2) is 16.7 Å². The number of furan rings is 1. The van der Waals surface area contributed by atoms with E-state index in [1.807, 2.05) is 0 Å². The molecule has 2 aromatic rings. The Hall–Kier alpha value is -2.63. The van der Waals surface area contributed by atoms with Crippen LogP contribution in [0.5, 0.6) is 0 Å². The van der Waals surface area contributed by atoms with Crippen molar-refractivity contribution in [1.82, 2.24) is 4.98 Å². The fraction of sp³-hybridized carbons (Fsp3) is 0.214. The van der Waals surface area contributed by atoms with Crippen molar-refractivity contribution >= 4 is 11.7 Å².